The Hall–Kier alpha value is -2.59. The number of rotatable bonds is 3. The monoisotopic (exact) mass is 410 g/mol. The maximum absolute atomic E-state index is 13.0. The van der Waals surface area contributed by atoms with Gasteiger partial charge in [-0.2, -0.15) is 13.2 Å². The third kappa shape index (κ3) is 3.83. The van der Waals surface area contributed by atoms with Crippen molar-refractivity contribution >= 4 is 11.3 Å². The lowest BCUT2D eigenvalue weighted by Crippen LogP contribution is -2.36. The van der Waals surface area contributed by atoms with Crippen LogP contribution in [0.3, 0.4) is 0 Å². The van der Waals surface area contributed by atoms with Crippen LogP contribution in [0.5, 0.6) is 0 Å². The minimum Gasteiger partial charge on any atom is -0.303 e. The van der Waals surface area contributed by atoms with Gasteiger partial charge >= 0.3 is 6.18 Å². The molecule has 28 heavy (non-hydrogen) atoms. The molecule has 1 aliphatic rings. The Morgan fingerprint density at radius 3 is 2.68 bits per heavy atom. The van der Waals surface area contributed by atoms with Crippen LogP contribution in [0.2, 0.25) is 0 Å². The number of nitrogens with zero attached hydrogens (tertiary/aromatic N) is 3. The van der Waals surface area contributed by atoms with Crippen LogP contribution in [0.1, 0.15) is 22.0 Å². The molecule has 0 bridgehead atoms. The van der Waals surface area contributed by atoms with Crippen molar-refractivity contribution in [1.82, 2.24) is 19.9 Å². The molecule has 5 nitrogen and oxygen atoms in total. The molecule has 0 aliphatic carbocycles. The van der Waals surface area contributed by atoms with Crippen LogP contribution in [0.25, 0.3) is 10.6 Å². The zero-order chi connectivity index (χ0) is 19.9. The average Bonchev–Trinajstić information content (AvgIpc) is 3.10. The van der Waals surface area contributed by atoms with E-state index in [9.17, 15) is 22.4 Å². The number of thiazole rings is 1. The summed E-state index contributed by atoms with van der Waals surface area (Å²) in [7, 11) is 0. The number of fused-ring (bicyclic) bond motifs is 1. The molecule has 1 aliphatic heterocycles. The molecule has 0 radical (unpaired) electrons. The number of hydrogen-bond donors (Lipinski definition) is 1. The molecule has 4 rings (SSSR count). The largest absolute Gasteiger partial charge is 0.449 e. The highest BCUT2D eigenvalue weighted by atomic mass is 32.1. The third-order valence-corrected chi connectivity index (χ3v) is 5.47. The molecule has 0 saturated carbocycles. The Bertz CT molecular complexity index is 1060. The van der Waals surface area contributed by atoms with Gasteiger partial charge in [-0.1, -0.05) is 0 Å². The number of H-pyrrole nitrogens is 1. The average molecular weight is 410 g/mol. The molecule has 1 N–H and O–H groups in total. The molecule has 3 heterocycles. The summed E-state index contributed by atoms with van der Waals surface area (Å²) in [6.45, 7) is 1.23. The highest BCUT2D eigenvalue weighted by Crippen LogP contribution is 2.29. The Labute approximate surface area is 160 Å². The summed E-state index contributed by atoms with van der Waals surface area (Å²) in [4.78, 5) is 24.8. The minimum atomic E-state index is -4.68. The van der Waals surface area contributed by atoms with E-state index in [4.69, 9.17) is 0 Å². The van der Waals surface area contributed by atoms with Gasteiger partial charge < -0.3 is 4.98 Å². The first-order valence-electron chi connectivity index (χ1n) is 8.42. The SMILES string of the molecule is O=c1[nH]c(C(F)(F)F)nc2c1CN(Cc1cnc(-c3ccc(F)cc3)s1)CC2. The van der Waals surface area contributed by atoms with Crippen molar-refractivity contribution in [3.63, 3.8) is 0 Å². The lowest BCUT2D eigenvalue weighted by molar-refractivity contribution is -0.145. The van der Waals surface area contributed by atoms with Crippen molar-refractivity contribution in [2.75, 3.05) is 6.54 Å². The molecule has 0 unspecified atom stereocenters. The van der Waals surface area contributed by atoms with Crippen LogP contribution in [0.4, 0.5) is 17.6 Å². The smallest absolute Gasteiger partial charge is 0.303 e. The van der Waals surface area contributed by atoms with Crippen molar-refractivity contribution in [2.45, 2.75) is 25.7 Å². The first kappa shape index (κ1) is 18.8. The lowest BCUT2D eigenvalue weighted by Gasteiger charge is -2.27. The van der Waals surface area contributed by atoms with Crippen molar-refractivity contribution in [3.8, 4) is 10.6 Å². The van der Waals surface area contributed by atoms with Crippen molar-refractivity contribution < 1.29 is 17.6 Å². The molecule has 0 spiro atoms. The van der Waals surface area contributed by atoms with E-state index in [1.54, 1.807) is 18.3 Å². The van der Waals surface area contributed by atoms with Gasteiger partial charge in [0.2, 0.25) is 5.82 Å². The summed E-state index contributed by atoms with van der Waals surface area (Å²) in [5.74, 6) is -1.57. The molecule has 0 fully saturated rings. The van der Waals surface area contributed by atoms with Crippen LogP contribution in [-0.4, -0.2) is 26.4 Å². The summed E-state index contributed by atoms with van der Waals surface area (Å²) < 4.78 is 51.4. The zero-order valence-electron chi connectivity index (χ0n) is 14.4. The predicted octanol–water partition coefficient (Wildman–Crippen LogP) is 3.61. The third-order valence-electron chi connectivity index (χ3n) is 4.44. The molecule has 0 amide bonds. The fourth-order valence-corrected chi connectivity index (χ4v) is 4.04. The van der Waals surface area contributed by atoms with Crippen LogP contribution in [-0.2, 0) is 25.7 Å². The zero-order valence-corrected chi connectivity index (χ0v) is 15.2. The molecule has 10 heteroatoms. The van der Waals surface area contributed by atoms with Crippen molar-refractivity contribution in [3.05, 3.63) is 68.6 Å². The minimum absolute atomic E-state index is 0.198. The van der Waals surface area contributed by atoms with Gasteiger partial charge in [0.15, 0.2) is 0 Å². The fraction of sp³-hybridized carbons (Fsp3) is 0.278. The number of aromatic amines is 1. The normalized spacial score (nSPS) is 14.9. The molecular weight excluding hydrogens is 396 g/mol. The van der Waals surface area contributed by atoms with Crippen LogP contribution >= 0.6 is 11.3 Å². The van der Waals surface area contributed by atoms with Gasteiger partial charge in [-0.25, -0.2) is 14.4 Å². The number of aromatic nitrogens is 3. The van der Waals surface area contributed by atoms with Gasteiger partial charge in [-0.05, 0) is 24.3 Å². The topological polar surface area (TPSA) is 61.9 Å². The summed E-state index contributed by atoms with van der Waals surface area (Å²) in [5, 5.41) is 0.752. The highest BCUT2D eigenvalue weighted by Gasteiger charge is 2.36. The second-order valence-corrected chi connectivity index (χ2v) is 7.55. The van der Waals surface area contributed by atoms with E-state index in [1.165, 1.54) is 23.5 Å². The highest BCUT2D eigenvalue weighted by molar-refractivity contribution is 7.15. The fourth-order valence-electron chi connectivity index (χ4n) is 3.08. The Morgan fingerprint density at radius 2 is 1.96 bits per heavy atom. The standard InChI is InChI=1S/C18H14F4N4OS/c19-11-3-1-10(2-4-11)16-23-7-12(28-16)8-26-6-5-14-13(9-26)15(27)25-17(24-14)18(20,21)22/h1-4,7H,5-6,8-9H2,(H,24,25,27). The van der Waals surface area contributed by atoms with E-state index < -0.39 is 17.6 Å². The van der Waals surface area contributed by atoms with Crippen LogP contribution in [0, 0.1) is 5.82 Å². The molecule has 3 aromatic rings. The number of benzene rings is 1. The summed E-state index contributed by atoms with van der Waals surface area (Å²) in [5.41, 5.74) is 0.520. The molecule has 0 atom stereocenters. The molecular formula is C18H14F4N4OS. The molecule has 0 saturated heterocycles. The number of alkyl halides is 3. The first-order valence-corrected chi connectivity index (χ1v) is 9.23. The quantitative estimate of drug-likeness (QED) is 0.671. The number of halogens is 4. The molecule has 1 aromatic carbocycles. The second-order valence-electron chi connectivity index (χ2n) is 6.44. The first-order chi connectivity index (χ1) is 13.3. The van der Waals surface area contributed by atoms with E-state index in [0.29, 0.717) is 13.1 Å². The summed E-state index contributed by atoms with van der Waals surface area (Å²) in [6.07, 6.45) is -2.69. The van der Waals surface area contributed by atoms with Gasteiger partial charge in [0.1, 0.15) is 10.8 Å². The van der Waals surface area contributed by atoms with E-state index in [-0.39, 0.29) is 30.0 Å². The second kappa shape index (κ2) is 7.10. The van der Waals surface area contributed by atoms with E-state index >= 15 is 0 Å². The predicted molar refractivity (Wildman–Crippen MR) is 95.2 cm³/mol. The maximum atomic E-state index is 13.0. The van der Waals surface area contributed by atoms with Gasteiger partial charge in [-0.15, -0.1) is 11.3 Å². The Kier molecular flexibility index (Phi) is 4.76. The molecule has 146 valence electrons. The van der Waals surface area contributed by atoms with Gasteiger partial charge in [0.05, 0.1) is 11.3 Å². The van der Waals surface area contributed by atoms with Gasteiger partial charge in [0, 0.05) is 42.7 Å². The van der Waals surface area contributed by atoms with E-state index in [0.717, 1.165) is 15.4 Å². The van der Waals surface area contributed by atoms with Crippen molar-refractivity contribution in [1.29, 1.82) is 0 Å². The van der Waals surface area contributed by atoms with E-state index in [2.05, 4.69) is 9.97 Å². The number of nitrogens with one attached hydrogen (secondary N) is 1. The summed E-state index contributed by atoms with van der Waals surface area (Å²) in [6, 6.07) is 6.04. The van der Waals surface area contributed by atoms with Gasteiger partial charge in [0.25, 0.3) is 5.56 Å². The van der Waals surface area contributed by atoms with Crippen molar-refractivity contribution in [2.24, 2.45) is 0 Å². The maximum Gasteiger partial charge on any atom is 0.449 e. The van der Waals surface area contributed by atoms with Crippen LogP contribution in [0.15, 0.2) is 35.3 Å². The lowest BCUT2D eigenvalue weighted by atomic mass is 10.1. The Morgan fingerprint density at radius 1 is 1.21 bits per heavy atom. The number of hydrogen-bond acceptors (Lipinski definition) is 5. The molecule has 2 aromatic heterocycles. The van der Waals surface area contributed by atoms with Crippen LogP contribution < -0.4 is 5.56 Å². The van der Waals surface area contributed by atoms with Gasteiger partial charge in [-0.3, -0.25) is 9.69 Å². The summed E-state index contributed by atoms with van der Waals surface area (Å²) >= 11 is 1.45. The Balaban J connectivity index is 1.50. The van der Waals surface area contributed by atoms with E-state index in [1.807, 2.05) is 9.88 Å².